The molecule has 5 nitrogen and oxygen atoms in total. The molecule has 0 aromatic carbocycles. The molecule has 0 saturated carbocycles. The number of hydrogen-bond donors (Lipinski definition) is 2. The zero-order chi connectivity index (χ0) is 14.4. The number of rotatable bonds is 5. The van der Waals surface area contributed by atoms with Crippen molar-refractivity contribution in [1.82, 2.24) is 15.5 Å². The van der Waals surface area contributed by atoms with Crippen LogP contribution < -0.4 is 10.6 Å². The Bertz CT molecular complexity index is 303. The largest absolute Gasteiger partial charge is 0.379 e. The van der Waals surface area contributed by atoms with Crippen LogP contribution in [0.25, 0.3) is 0 Å². The predicted molar refractivity (Wildman–Crippen MR) is 79.6 cm³/mol. The number of carbonyl (C=O) groups excluding carboxylic acids is 1. The molecule has 2 heterocycles. The van der Waals surface area contributed by atoms with Gasteiger partial charge in [0.15, 0.2) is 0 Å². The summed E-state index contributed by atoms with van der Waals surface area (Å²) in [5, 5.41) is 6.49. The van der Waals surface area contributed by atoms with Gasteiger partial charge < -0.3 is 15.4 Å². The minimum absolute atomic E-state index is 0.133. The molecule has 0 aromatic rings. The standard InChI is InChI=1S/C15H29N3O2/c1-12(2)8-17-15(19)14-7-13(9-16-10-14)11-18-3-5-20-6-4-18/h12-14,16H,3-11H2,1-2H3,(H,17,19)/t13-,14+/m0/s1. The van der Waals surface area contributed by atoms with Crippen molar-refractivity contribution < 1.29 is 9.53 Å². The Hall–Kier alpha value is -0.650. The van der Waals surface area contributed by atoms with Crippen LogP contribution in [0.5, 0.6) is 0 Å². The molecule has 0 aliphatic carbocycles. The number of nitrogens with zero attached hydrogens (tertiary/aromatic N) is 1. The zero-order valence-electron chi connectivity index (χ0n) is 12.9. The third-order valence-corrected chi connectivity index (χ3v) is 4.12. The lowest BCUT2D eigenvalue weighted by atomic mass is 9.89. The van der Waals surface area contributed by atoms with E-state index >= 15 is 0 Å². The molecule has 0 radical (unpaired) electrons. The monoisotopic (exact) mass is 283 g/mol. The van der Waals surface area contributed by atoms with E-state index in [1.807, 2.05) is 0 Å². The smallest absolute Gasteiger partial charge is 0.224 e. The Labute approximate surface area is 122 Å². The number of nitrogens with one attached hydrogen (secondary N) is 2. The molecular weight excluding hydrogens is 254 g/mol. The molecule has 2 atom stereocenters. The number of hydrogen-bond acceptors (Lipinski definition) is 4. The van der Waals surface area contributed by atoms with Crippen molar-refractivity contribution in [2.45, 2.75) is 20.3 Å². The summed E-state index contributed by atoms with van der Waals surface area (Å²) in [6.07, 6.45) is 1.01. The summed E-state index contributed by atoms with van der Waals surface area (Å²) < 4.78 is 5.38. The Morgan fingerprint density at radius 3 is 2.80 bits per heavy atom. The van der Waals surface area contributed by atoms with E-state index in [1.165, 1.54) is 0 Å². The van der Waals surface area contributed by atoms with Crippen molar-refractivity contribution in [3.8, 4) is 0 Å². The van der Waals surface area contributed by atoms with E-state index in [0.29, 0.717) is 11.8 Å². The summed E-state index contributed by atoms with van der Waals surface area (Å²) >= 11 is 0. The molecule has 2 fully saturated rings. The Kier molecular flexibility index (Phi) is 6.26. The maximum atomic E-state index is 12.2. The van der Waals surface area contributed by atoms with Gasteiger partial charge >= 0.3 is 0 Å². The lowest BCUT2D eigenvalue weighted by molar-refractivity contribution is -0.126. The van der Waals surface area contributed by atoms with Crippen molar-refractivity contribution >= 4 is 5.91 Å². The molecule has 2 N–H and O–H groups in total. The van der Waals surface area contributed by atoms with E-state index in [0.717, 1.165) is 58.9 Å². The average Bonchev–Trinajstić information content (AvgIpc) is 2.46. The average molecular weight is 283 g/mol. The number of amides is 1. The first-order valence-electron chi connectivity index (χ1n) is 7.93. The third kappa shape index (κ3) is 5.04. The fourth-order valence-electron chi connectivity index (χ4n) is 2.97. The molecule has 0 aromatic heterocycles. The van der Waals surface area contributed by atoms with Crippen molar-refractivity contribution in [2.75, 3.05) is 52.5 Å². The number of piperidine rings is 1. The van der Waals surface area contributed by atoms with Crippen LogP contribution in [0.2, 0.25) is 0 Å². The number of morpholine rings is 1. The molecule has 0 unspecified atom stereocenters. The molecular formula is C15H29N3O2. The fraction of sp³-hybridized carbons (Fsp3) is 0.933. The Morgan fingerprint density at radius 2 is 2.10 bits per heavy atom. The predicted octanol–water partition coefficient (Wildman–Crippen LogP) is 0.317. The van der Waals surface area contributed by atoms with Crippen LogP contribution in [0.3, 0.4) is 0 Å². The molecule has 1 amide bonds. The topological polar surface area (TPSA) is 53.6 Å². The lowest BCUT2D eigenvalue weighted by Crippen LogP contribution is -2.48. The first kappa shape index (κ1) is 15.7. The van der Waals surface area contributed by atoms with Crippen molar-refractivity contribution in [3.63, 3.8) is 0 Å². The number of ether oxygens (including phenoxy) is 1. The van der Waals surface area contributed by atoms with Gasteiger partial charge in [-0.05, 0) is 24.8 Å². The van der Waals surface area contributed by atoms with E-state index in [9.17, 15) is 4.79 Å². The highest BCUT2D eigenvalue weighted by atomic mass is 16.5. The summed E-state index contributed by atoms with van der Waals surface area (Å²) in [4.78, 5) is 14.6. The maximum Gasteiger partial charge on any atom is 0.224 e. The van der Waals surface area contributed by atoms with E-state index in [4.69, 9.17) is 4.74 Å². The van der Waals surface area contributed by atoms with Crippen LogP contribution in [-0.4, -0.2) is 63.3 Å². The molecule has 2 rings (SSSR count). The van der Waals surface area contributed by atoms with Gasteiger partial charge in [0.2, 0.25) is 5.91 Å². The highest BCUT2D eigenvalue weighted by molar-refractivity contribution is 5.79. The first-order valence-corrected chi connectivity index (χ1v) is 7.93. The normalized spacial score (nSPS) is 28.6. The summed E-state index contributed by atoms with van der Waals surface area (Å²) in [5.74, 6) is 1.45. The van der Waals surface area contributed by atoms with Gasteiger partial charge in [-0.2, -0.15) is 0 Å². The van der Waals surface area contributed by atoms with Crippen LogP contribution in [0, 0.1) is 17.8 Å². The molecule has 0 bridgehead atoms. The Morgan fingerprint density at radius 1 is 1.35 bits per heavy atom. The fourth-order valence-corrected chi connectivity index (χ4v) is 2.97. The molecule has 2 aliphatic heterocycles. The second-order valence-corrected chi connectivity index (χ2v) is 6.51. The van der Waals surface area contributed by atoms with Gasteiger partial charge in [-0.15, -0.1) is 0 Å². The second-order valence-electron chi connectivity index (χ2n) is 6.51. The highest BCUT2D eigenvalue weighted by Crippen LogP contribution is 2.18. The van der Waals surface area contributed by atoms with Gasteiger partial charge in [0.05, 0.1) is 19.1 Å². The SMILES string of the molecule is CC(C)CNC(=O)[C@H]1CNC[C@@H](CN2CCOCC2)C1. The molecule has 2 aliphatic rings. The maximum absolute atomic E-state index is 12.2. The van der Waals surface area contributed by atoms with Gasteiger partial charge in [0, 0.05) is 32.7 Å². The minimum atomic E-state index is 0.133. The van der Waals surface area contributed by atoms with E-state index in [2.05, 4.69) is 29.4 Å². The van der Waals surface area contributed by atoms with Crippen LogP contribution in [0.1, 0.15) is 20.3 Å². The van der Waals surface area contributed by atoms with Crippen molar-refractivity contribution in [3.05, 3.63) is 0 Å². The molecule has 0 spiro atoms. The van der Waals surface area contributed by atoms with Crippen LogP contribution in [0.15, 0.2) is 0 Å². The lowest BCUT2D eigenvalue weighted by Gasteiger charge is -2.35. The van der Waals surface area contributed by atoms with Gasteiger partial charge in [-0.1, -0.05) is 13.8 Å². The highest BCUT2D eigenvalue weighted by Gasteiger charge is 2.28. The summed E-state index contributed by atoms with van der Waals surface area (Å²) in [7, 11) is 0. The first-order chi connectivity index (χ1) is 9.65. The van der Waals surface area contributed by atoms with Crippen LogP contribution >= 0.6 is 0 Å². The summed E-state index contributed by atoms with van der Waals surface area (Å²) in [5.41, 5.74) is 0. The van der Waals surface area contributed by atoms with Gasteiger partial charge in [-0.3, -0.25) is 9.69 Å². The van der Waals surface area contributed by atoms with Crippen LogP contribution in [-0.2, 0) is 9.53 Å². The third-order valence-electron chi connectivity index (χ3n) is 4.12. The van der Waals surface area contributed by atoms with E-state index in [-0.39, 0.29) is 11.8 Å². The Balaban J connectivity index is 1.74. The quantitative estimate of drug-likeness (QED) is 0.763. The molecule has 20 heavy (non-hydrogen) atoms. The van der Waals surface area contributed by atoms with Crippen LogP contribution in [0.4, 0.5) is 0 Å². The minimum Gasteiger partial charge on any atom is -0.379 e. The second kappa shape index (κ2) is 7.96. The number of carbonyl (C=O) groups is 1. The van der Waals surface area contributed by atoms with Crippen molar-refractivity contribution in [2.24, 2.45) is 17.8 Å². The van der Waals surface area contributed by atoms with Crippen molar-refractivity contribution in [1.29, 1.82) is 0 Å². The van der Waals surface area contributed by atoms with Gasteiger partial charge in [-0.25, -0.2) is 0 Å². The molecule has 2 saturated heterocycles. The summed E-state index contributed by atoms with van der Waals surface area (Å²) in [6.45, 7) is 11.7. The van der Waals surface area contributed by atoms with E-state index < -0.39 is 0 Å². The van der Waals surface area contributed by atoms with Gasteiger partial charge in [0.25, 0.3) is 0 Å². The van der Waals surface area contributed by atoms with E-state index in [1.54, 1.807) is 0 Å². The zero-order valence-corrected chi connectivity index (χ0v) is 12.9. The summed E-state index contributed by atoms with van der Waals surface area (Å²) in [6, 6.07) is 0. The van der Waals surface area contributed by atoms with Gasteiger partial charge in [0.1, 0.15) is 0 Å². The molecule has 5 heteroatoms. The molecule has 116 valence electrons.